The van der Waals surface area contributed by atoms with Gasteiger partial charge in [0.1, 0.15) is 0 Å². The fourth-order valence-electron chi connectivity index (χ4n) is 1.78. The highest BCUT2D eigenvalue weighted by Gasteiger charge is 2.10. The predicted molar refractivity (Wildman–Crippen MR) is 63.2 cm³/mol. The average molecular weight is 222 g/mol. The first-order valence-electron chi connectivity index (χ1n) is 5.43. The summed E-state index contributed by atoms with van der Waals surface area (Å²) in [5.74, 6) is 0. The maximum atomic E-state index is 8.78. The van der Waals surface area contributed by atoms with Crippen molar-refractivity contribution in [2.45, 2.75) is 19.4 Å². The van der Waals surface area contributed by atoms with Crippen LogP contribution in [0.3, 0.4) is 0 Å². The van der Waals surface area contributed by atoms with Gasteiger partial charge in [-0.05, 0) is 31.5 Å². The van der Waals surface area contributed by atoms with Gasteiger partial charge in [0.25, 0.3) is 0 Å². The number of hydrogen-bond donors (Lipinski definition) is 2. The van der Waals surface area contributed by atoms with Gasteiger partial charge in [-0.25, -0.2) is 4.79 Å². The van der Waals surface area contributed by atoms with Crippen LogP contribution >= 0.6 is 0 Å². The van der Waals surface area contributed by atoms with Crippen LogP contribution in [-0.4, -0.2) is 29.2 Å². The monoisotopic (exact) mass is 222 g/mol. The fourth-order valence-corrected chi connectivity index (χ4v) is 1.78. The van der Waals surface area contributed by atoms with Crippen LogP contribution in [0.4, 0.5) is 4.79 Å². The van der Waals surface area contributed by atoms with Gasteiger partial charge in [0.2, 0.25) is 0 Å². The zero-order valence-electron chi connectivity index (χ0n) is 9.30. The fraction of sp³-hybridized carbons (Fsp3) is 0.417. The molecule has 4 heteroatoms. The maximum Gasteiger partial charge on any atom is 0.402 e. The molecule has 1 aromatic carbocycles. The molecule has 0 aliphatic carbocycles. The summed E-state index contributed by atoms with van der Waals surface area (Å²) in [5, 5.41) is 7.19. The van der Waals surface area contributed by atoms with E-state index in [2.05, 4.69) is 41.0 Å². The molecule has 0 saturated carbocycles. The van der Waals surface area contributed by atoms with Gasteiger partial charge < -0.3 is 10.8 Å². The van der Waals surface area contributed by atoms with Gasteiger partial charge in [0.05, 0.1) is 0 Å². The van der Waals surface area contributed by atoms with E-state index in [1.54, 1.807) is 0 Å². The highest BCUT2D eigenvalue weighted by molar-refractivity contribution is 5.61. The zero-order chi connectivity index (χ0) is 11.8. The van der Waals surface area contributed by atoms with E-state index >= 15 is 0 Å². The van der Waals surface area contributed by atoms with Crippen LogP contribution in [0, 0.1) is 0 Å². The van der Waals surface area contributed by atoms with Crippen molar-refractivity contribution in [2.75, 3.05) is 13.1 Å². The Hall–Kier alpha value is -1.55. The number of primary amides is 1. The molecule has 1 heterocycles. The minimum atomic E-state index is -1.33. The molecule has 1 saturated heterocycles. The Morgan fingerprint density at radius 3 is 2.25 bits per heavy atom. The van der Waals surface area contributed by atoms with Gasteiger partial charge in [0, 0.05) is 6.54 Å². The number of nitrogens with two attached hydrogens (primary N) is 1. The number of amides is 1. The predicted octanol–water partition coefficient (Wildman–Crippen LogP) is 1.91. The van der Waals surface area contributed by atoms with Crippen LogP contribution in [0.15, 0.2) is 30.3 Å². The third-order valence-electron chi connectivity index (χ3n) is 2.45. The van der Waals surface area contributed by atoms with Gasteiger partial charge in [-0.2, -0.15) is 0 Å². The van der Waals surface area contributed by atoms with E-state index in [1.165, 1.54) is 31.5 Å². The molecule has 1 amide bonds. The van der Waals surface area contributed by atoms with Gasteiger partial charge in [-0.1, -0.05) is 30.3 Å². The van der Waals surface area contributed by atoms with Crippen molar-refractivity contribution in [3.63, 3.8) is 0 Å². The molecular formula is C12H18N2O2. The van der Waals surface area contributed by atoms with E-state index < -0.39 is 6.09 Å². The number of nitrogens with zero attached hydrogens (tertiary/aromatic N) is 1. The lowest BCUT2D eigenvalue weighted by Gasteiger charge is -2.13. The topological polar surface area (TPSA) is 66.6 Å². The standard InChI is InChI=1S/C11H15N.CH3NO2/c1-2-6-11(7-3-1)10-12-8-4-5-9-12;2-1(3)4/h1-3,6-7H,4-5,8-10H2;2H2,(H,3,4). The van der Waals surface area contributed by atoms with Gasteiger partial charge >= 0.3 is 6.09 Å². The van der Waals surface area contributed by atoms with Crippen LogP contribution in [0.5, 0.6) is 0 Å². The van der Waals surface area contributed by atoms with E-state index in [0.717, 1.165) is 6.54 Å². The van der Waals surface area contributed by atoms with Crippen molar-refractivity contribution in [3.8, 4) is 0 Å². The number of likely N-dealkylation sites (tertiary alicyclic amines) is 1. The highest BCUT2D eigenvalue weighted by Crippen LogP contribution is 2.11. The van der Waals surface area contributed by atoms with Crippen LogP contribution in [-0.2, 0) is 6.54 Å². The lowest BCUT2D eigenvalue weighted by molar-refractivity contribution is 0.205. The third-order valence-corrected chi connectivity index (χ3v) is 2.45. The normalized spacial score (nSPS) is 15.2. The molecule has 1 fully saturated rings. The summed E-state index contributed by atoms with van der Waals surface area (Å²) in [4.78, 5) is 11.3. The molecule has 0 aromatic heterocycles. The highest BCUT2D eigenvalue weighted by atomic mass is 16.4. The molecule has 2 rings (SSSR count). The smallest absolute Gasteiger partial charge is 0.402 e. The minimum Gasteiger partial charge on any atom is -0.465 e. The summed E-state index contributed by atoms with van der Waals surface area (Å²) in [6.45, 7) is 3.71. The first-order chi connectivity index (χ1) is 7.68. The SMILES string of the molecule is NC(=O)O.c1ccc(CN2CCCC2)cc1. The molecule has 16 heavy (non-hydrogen) atoms. The molecule has 0 unspecified atom stereocenters. The quantitative estimate of drug-likeness (QED) is 0.803. The maximum absolute atomic E-state index is 8.78. The minimum absolute atomic E-state index is 1.14. The number of hydrogen-bond acceptors (Lipinski definition) is 2. The third kappa shape index (κ3) is 5.36. The lowest BCUT2D eigenvalue weighted by Crippen LogP contribution is -2.18. The summed E-state index contributed by atoms with van der Waals surface area (Å²) in [6, 6.07) is 10.7. The van der Waals surface area contributed by atoms with Crippen LogP contribution < -0.4 is 5.73 Å². The molecule has 1 aliphatic heterocycles. The Morgan fingerprint density at radius 1 is 1.25 bits per heavy atom. The number of benzene rings is 1. The van der Waals surface area contributed by atoms with E-state index in [9.17, 15) is 0 Å². The summed E-state index contributed by atoms with van der Waals surface area (Å²) in [5.41, 5.74) is 5.47. The van der Waals surface area contributed by atoms with E-state index in [4.69, 9.17) is 9.90 Å². The molecular weight excluding hydrogens is 204 g/mol. The second kappa shape index (κ2) is 6.85. The molecule has 3 N–H and O–H groups in total. The average Bonchev–Trinajstić information content (AvgIpc) is 2.71. The summed E-state index contributed by atoms with van der Waals surface area (Å²) in [6.07, 6.45) is 1.43. The Labute approximate surface area is 95.7 Å². The summed E-state index contributed by atoms with van der Waals surface area (Å²) < 4.78 is 0. The second-order valence-electron chi connectivity index (χ2n) is 3.81. The molecule has 0 spiro atoms. The zero-order valence-corrected chi connectivity index (χ0v) is 9.30. The largest absolute Gasteiger partial charge is 0.465 e. The van der Waals surface area contributed by atoms with Crippen LogP contribution in [0.2, 0.25) is 0 Å². The van der Waals surface area contributed by atoms with E-state index in [0.29, 0.717) is 0 Å². The van der Waals surface area contributed by atoms with Gasteiger partial charge in [0.15, 0.2) is 0 Å². The molecule has 0 atom stereocenters. The Bertz CT molecular complexity index is 304. The Balaban J connectivity index is 0.000000280. The van der Waals surface area contributed by atoms with Crippen molar-refractivity contribution in [3.05, 3.63) is 35.9 Å². The number of carbonyl (C=O) groups is 1. The van der Waals surface area contributed by atoms with Crippen LogP contribution in [0.1, 0.15) is 18.4 Å². The Morgan fingerprint density at radius 2 is 1.75 bits per heavy atom. The molecule has 1 aliphatic rings. The molecule has 88 valence electrons. The molecule has 4 nitrogen and oxygen atoms in total. The second-order valence-corrected chi connectivity index (χ2v) is 3.81. The van der Waals surface area contributed by atoms with Crippen molar-refractivity contribution >= 4 is 6.09 Å². The Kier molecular flexibility index (Phi) is 5.36. The van der Waals surface area contributed by atoms with E-state index in [-0.39, 0.29) is 0 Å². The molecule has 0 radical (unpaired) electrons. The lowest BCUT2D eigenvalue weighted by atomic mass is 10.2. The molecule has 1 aromatic rings. The molecule has 0 bridgehead atoms. The first kappa shape index (κ1) is 12.5. The number of rotatable bonds is 2. The van der Waals surface area contributed by atoms with Gasteiger partial charge in [-0.15, -0.1) is 0 Å². The van der Waals surface area contributed by atoms with Crippen molar-refractivity contribution in [1.29, 1.82) is 0 Å². The summed E-state index contributed by atoms with van der Waals surface area (Å²) in [7, 11) is 0. The first-order valence-corrected chi connectivity index (χ1v) is 5.43. The van der Waals surface area contributed by atoms with Crippen molar-refractivity contribution in [2.24, 2.45) is 5.73 Å². The number of carboxylic acid groups (broad SMARTS) is 1. The van der Waals surface area contributed by atoms with Crippen molar-refractivity contribution < 1.29 is 9.90 Å². The van der Waals surface area contributed by atoms with Crippen molar-refractivity contribution in [1.82, 2.24) is 4.90 Å². The van der Waals surface area contributed by atoms with Gasteiger partial charge in [-0.3, -0.25) is 4.90 Å². The summed E-state index contributed by atoms with van der Waals surface area (Å²) >= 11 is 0. The van der Waals surface area contributed by atoms with E-state index in [1.807, 2.05) is 0 Å². The van der Waals surface area contributed by atoms with Crippen LogP contribution in [0.25, 0.3) is 0 Å².